The second kappa shape index (κ2) is 7.37. The van der Waals surface area contributed by atoms with Crippen LogP contribution in [0.1, 0.15) is 32.6 Å². The smallest absolute Gasteiger partial charge is 0.416 e. The molecule has 2 aromatic rings. The SMILES string of the molecule is C=CCOC(=O)N1c2cc(C)c(C)cc2C(=O)N2Cc3ccccc3C[C@H]2C1O. The van der Waals surface area contributed by atoms with Gasteiger partial charge in [-0.1, -0.05) is 36.9 Å². The van der Waals surface area contributed by atoms with E-state index in [0.29, 0.717) is 24.2 Å². The predicted molar refractivity (Wildman–Crippen MR) is 110 cm³/mol. The molecule has 0 aliphatic carbocycles. The van der Waals surface area contributed by atoms with Gasteiger partial charge in [0.15, 0.2) is 6.23 Å². The van der Waals surface area contributed by atoms with Crippen LogP contribution in [0.4, 0.5) is 10.5 Å². The predicted octanol–water partition coefficient (Wildman–Crippen LogP) is 3.33. The van der Waals surface area contributed by atoms with Crippen LogP contribution in [0.15, 0.2) is 49.1 Å². The molecule has 29 heavy (non-hydrogen) atoms. The fourth-order valence-corrected chi connectivity index (χ4v) is 4.08. The number of aliphatic hydroxyl groups excluding tert-OH is 1. The highest BCUT2D eigenvalue weighted by Crippen LogP contribution is 2.37. The normalized spacial score (nSPS) is 20.3. The molecular weight excluding hydrogens is 368 g/mol. The van der Waals surface area contributed by atoms with E-state index >= 15 is 0 Å². The van der Waals surface area contributed by atoms with Crippen molar-refractivity contribution in [3.05, 3.63) is 76.9 Å². The highest BCUT2D eigenvalue weighted by molar-refractivity contribution is 6.05. The molecule has 2 aliphatic heterocycles. The van der Waals surface area contributed by atoms with Gasteiger partial charge >= 0.3 is 6.09 Å². The third kappa shape index (κ3) is 3.19. The minimum atomic E-state index is -1.23. The van der Waals surface area contributed by atoms with Gasteiger partial charge in [0.2, 0.25) is 0 Å². The van der Waals surface area contributed by atoms with E-state index in [1.54, 1.807) is 17.0 Å². The summed E-state index contributed by atoms with van der Waals surface area (Å²) in [6.07, 6.45) is 0.00114. The Morgan fingerprint density at radius 3 is 2.66 bits per heavy atom. The van der Waals surface area contributed by atoms with E-state index in [-0.39, 0.29) is 12.5 Å². The summed E-state index contributed by atoms with van der Waals surface area (Å²) in [5, 5.41) is 11.3. The summed E-state index contributed by atoms with van der Waals surface area (Å²) >= 11 is 0. The largest absolute Gasteiger partial charge is 0.445 e. The van der Waals surface area contributed by atoms with Gasteiger partial charge in [-0.25, -0.2) is 9.69 Å². The van der Waals surface area contributed by atoms with Crippen molar-refractivity contribution in [3.8, 4) is 0 Å². The molecule has 2 aliphatic rings. The maximum atomic E-state index is 13.5. The maximum absolute atomic E-state index is 13.5. The molecule has 150 valence electrons. The van der Waals surface area contributed by atoms with Gasteiger partial charge in [-0.15, -0.1) is 0 Å². The molecule has 2 aromatic carbocycles. The summed E-state index contributed by atoms with van der Waals surface area (Å²) < 4.78 is 5.25. The average Bonchev–Trinajstić information content (AvgIpc) is 2.80. The van der Waals surface area contributed by atoms with Crippen LogP contribution in [0.3, 0.4) is 0 Å². The highest BCUT2D eigenvalue weighted by Gasteiger charge is 2.44. The van der Waals surface area contributed by atoms with Gasteiger partial charge in [-0.05, 0) is 54.7 Å². The van der Waals surface area contributed by atoms with Gasteiger partial charge in [0.25, 0.3) is 5.91 Å². The number of rotatable bonds is 2. The highest BCUT2D eigenvalue weighted by atomic mass is 16.6. The van der Waals surface area contributed by atoms with Gasteiger partial charge in [0.1, 0.15) is 6.61 Å². The number of aryl methyl sites for hydroxylation is 2. The van der Waals surface area contributed by atoms with Gasteiger partial charge in [0.05, 0.1) is 17.3 Å². The molecule has 0 spiro atoms. The molecule has 0 aromatic heterocycles. The first kappa shape index (κ1) is 19.2. The topological polar surface area (TPSA) is 70.1 Å². The van der Waals surface area contributed by atoms with Gasteiger partial charge in [0, 0.05) is 6.54 Å². The zero-order chi connectivity index (χ0) is 20.7. The zero-order valence-electron chi connectivity index (χ0n) is 16.6. The van der Waals surface area contributed by atoms with E-state index in [4.69, 9.17) is 4.74 Å². The molecule has 0 saturated carbocycles. The van der Waals surface area contributed by atoms with Crippen molar-refractivity contribution >= 4 is 17.7 Å². The number of hydrogen-bond donors (Lipinski definition) is 1. The number of hydrogen-bond acceptors (Lipinski definition) is 4. The number of carbonyl (C=O) groups is 2. The molecule has 0 saturated heterocycles. The number of ether oxygens (including phenoxy) is 1. The van der Waals surface area contributed by atoms with Crippen molar-refractivity contribution in [1.82, 2.24) is 4.90 Å². The Morgan fingerprint density at radius 1 is 1.24 bits per heavy atom. The van der Waals surface area contributed by atoms with Crippen LogP contribution in [0.25, 0.3) is 0 Å². The fourth-order valence-electron chi connectivity index (χ4n) is 4.08. The molecule has 2 atom stereocenters. The van der Waals surface area contributed by atoms with Crippen LogP contribution in [0.2, 0.25) is 0 Å². The van der Waals surface area contributed by atoms with Crippen LogP contribution in [0, 0.1) is 13.8 Å². The third-order valence-corrected chi connectivity index (χ3v) is 5.78. The van der Waals surface area contributed by atoms with E-state index < -0.39 is 18.4 Å². The molecule has 0 fully saturated rings. The van der Waals surface area contributed by atoms with Crippen molar-refractivity contribution in [3.63, 3.8) is 0 Å². The van der Waals surface area contributed by atoms with E-state index in [9.17, 15) is 14.7 Å². The summed E-state index contributed by atoms with van der Waals surface area (Å²) in [7, 11) is 0. The summed E-state index contributed by atoms with van der Waals surface area (Å²) in [6.45, 7) is 7.81. The molecule has 0 bridgehead atoms. The number of aliphatic hydroxyl groups is 1. The fraction of sp³-hybridized carbons (Fsp3) is 0.304. The van der Waals surface area contributed by atoms with Crippen molar-refractivity contribution in [2.75, 3.05) is 11.5 Å². The van der Waals surface area contributed by atoms with Crippen LogP contribution in [-0.4, -0.2) is 40.9 Å². The monoisotopic (exact) mass is 392 g/mol. The minimum Gasteiger partial charge on any atom is -0.445 e. The van der Waals surface area contributed by atoms with Crippen molar-refractivity contribution < 1.29 is 19.4 Å². The van der Waals surface area contributed by atoms with Gasteiger partial charge in [-0.2, -0.15) is 0 Å². The summed E-state index contributed by atoms with van der Waals surface area (Å²) in [5.74, 6) is -0.194. The first-order valence-electron chi connectivity index (χ1n) is 9.66. The lowest BCUT2D eigenvalue weighted by Gasteiger charge is -2.39. The summed E-state index contributed by atoms with van der Waals surface area (Å²) in [6, 6.07) is 10.9. The van der Waals surface area contributed by atoms with Crippen molar-refractivity contribution in [2.45, 2.75) is 39.1 Å². The average molecular weight is 392 g/mol. The lowest BCUT2D eigenvalue weighted by atomic mass is 9.92. The Morgan fingerprint density at radius 2 is 1.93 bits per heavy atom. The summed E-state index contributed by atoms with van der Waals surface area (Å²) in [4.78, 5) is 29.2. The number of nitrogens with zero attached hydrogens (tertiary/aromatic N) is 2. The number of carbonyl (C=O) groups excluding carboxylic acids is 2. The Balaban J connectivity index is 1.86. The molecule has 2 heterocycles. The molecule has 0 radical (unpaired) electrons. The van der Waals surface area contributed by atoms with Crippen LogP contribution in [-0.2, 0) is 17.7 Å². The standard InChI is InChI=1S/C23H24N2O4/c1-4-9-29-23(28)25-19-11-15(3)14(2)10-18(19)21(26)24-13-17-8-6-5-7-16(17)12-20(24)22(25)27/h4-8,10-11,20,22,27H,1,9,12-13H2,2-3H3/t20-,22?/m0/s1. The lowest BCUT2D eigenvalue weighted by molar-refractivity contribution is 0.0299. The Kier molecular flexibility index (Phi) is 4.88. The molecule has 1 N–H and O–H groups in total. The van der Waals surface area contributed by atoms with Gasteiger partial charge < -0.3 is 14.7 Å². The Bertz CT molecular complexity index is 1000. The van der Waals surface area contributed by atoms with E-state index in [1.165, 1.54) is 11.0 Å². The number of anilines is 1. The quantitative estimate of drug-likeness (QED) is 0.796. The number of amides is 2. The summed E-state index contributed by atoms with van der Waals surface area (Å²) in [5.41, 5.74) is 4.76. The molecule has 2 amide bonds. The van der Waals surface area contributed by atoms with E-state index in [0.717, 1.165) is 22.3 Å². The van der Waals surface area contributed by atoms with E-state index in [2.05, 4.69) is 6.58 Å². The van der Waals surface area contributed by atoms with Crippen LogP contribution < -0.4 is 4.90 Å². The molecular formula is C23H24N2O4. The maximum Gasteiger partial charge on any atom is 0.416 e. The lowest BCUT2D eigenvalue weighted by Crippen LogP contribution is -2.55. The Labute approximate surface area is 170 Å². The first-order chi connectivity index (χ1) is 13.9. The third-order valence-electron chi connectivity index (χ3n) is 5.78. The second-order valence-electron chi connectivity index (χ2n) is 7.58. The number of benzene rings is 2. The molecule has 6 nitrogen and oxygen atoms in total. The first-order valence-corrected chi connectivity index (χ1v) is 9.66. The Hall–Kier alpha value is -3.12. The van der Waals surface area contributed by atoms with Crippen LogP contribution >= 0.6 is 0 Å². The van der Waals surface area contributed by atoms with Gasteiger partial charge in [-0.3, -0.25) is 4.79 Å². The zero-order valence-corrected chi connectivity index (χ0v) is 16.6. The second-order valence-corrected chi connectivity index (χ2v) is 7.58. The molecule has 1 unspecified atom stereocenters. The van der Waals surface area contributed by atoms with Crippen molar-refractivity contribution in [2.24, 2.45) is 0 Å². The van der Waals surface area contributed by atoms with E-state index in [1.807, 2.05) is 38.1 Å². The molecule has 6 heteroatoms. The minimum absolute atomic E-state index is 0.0212. The van der Waals surface area contributed by atoms with Crippen molar-refractivity contribution in [1.29, 1.82) is 0 Å². The number of fused-ring (bicyclic) bond motifs is 3. The molecule has 4 rings (SSSR count). The van der Waals surface area contributed by atoms with Crippen LogP contribution in [0.5, 0.6) is 0 Å².